The number of likely N-dealkylation sites (tertiary alicyclic amines) is 1. The van der Waals surface area contributed by atoms with E-state index in [1.54, 1.807) is 4.68 Å². The number of piperidine rings is 1. The normalized spacial score (nSPS) is 21.6. The summed E-state index contributed by atoms with van der Waals surface area (Å²) in [7, 11) is 1.91. The lowest BCUT2D eigenvalue weighted by molar-refractivity contribution is -0.143. The number of carboxylic acid groups (broad SMARTS) is 1. The maximum absolute atomic E-state index is 10.9. The van der Waals surface area contributed by atoms with Gasteiger partial charge in [-0.2, -0.15) is 5.10 Å². The summed E-state index contributed by atoms with van der Waals surface area (Å²) in [4.78, 5) is 13.2. The molecule has 1 atom stereocenters. The van der Waals surface area contributed by atoms with Gasteiger partial charge in [0.1, 0.15) is 0 Å². The largest absolute Gasteiger partial charge is 0.481 e. The molecule has 1 aliphatic rings. The molecule has 94 valence electrons. The summed E-state index contributed by atoms with van der Waals surface area (Å²) in [5.74, 6) is -0.839. The fraction of sp³-hybridized carbons (Fsp3) is 0.667. The molecule has 2 heterocycles. The zero-order chi connectivity index (χ0) is 12.3. The molecular weight excluding hydrogens is 218 g/mol. The van der Waals surface area contributed by atoms with E-state index in [1.807, 2.05) is 19.4 Å². The van der Waals surface area contributed by atoms with Crippen LogP contribution in [-0.2, 0) is 18.3 Å². The Bertz CT molecular complexity index is 389. The summed E-state index contributed by atoms with van der Waals surface area (Å²) in [6.45, 7) is 2.63. The van der Waals surface area contributed by atoms with E-state index in [2.05, 4.69) is 10.00 Å². The van der Waals surface area contributed by atoms with Crippen molar-refractivity contribution in [2.75, 3.05) is 19.6 Å². The first-order chi connectivity index (χ1) is 8.15. The number of nitrogens with zero attached hydrogens (tertiary/aromatic N) is 3. The van der Waals surface area contributed by atoms with Crippen molar-refractivity contribution in [1.82, 2.24) is 14.7 Å². The van der Waals surface area contributed by atoms with Crippen LogP contribution in [0.3, 0.4) is 0 Å². The van der Waals surface area contributed by atoms with E-state index in [-0.39, 0.29) is 5.92 Å². The molecule has 0 aliphatic carbocycles. The fourth-order valence-electron chi connectivity index (χ4n) is 2.35. The average Bonchev–Trinajstić information content (AvgIpc) is 2.73. The van der Waals surface area contributed by atoms with Crippen LogP contribution in [0.1, 0.15) is 18.4 Å². The number of carbonyl (C=O) groups is 1. The van der Waals surface area contributed by atoms with E-state index in [4.69, 9.17) is 5.11 Å². The molecule has 5 nitrogen and oxygen atoms in total. The molecule has 1 N–H and O–H groups in total. The Morgan fingerprint density at radius 2 is 2.47 bits per heavy atom. The molecule has 17 heavy (non-hydrogen) atoms. The van der Waals surface area contributed by atoms with E-state index in [0.29, 0.717) is 6.54 Å². The van der Waals surface area contributed by atoms with Gasteiger partial charge in [0.2, 0.25) is 0 Å². The van der Waals surface area contributed by atoms with Crippen LogP contribution < -0.4 is 0 Å². The Labute approximate surface area is 101 Å². The minimum Gasteiger partial charge on any atom is -0.481 e. The Hall–Kier alpha value is -1.36. The molecule has 1 unspecified atom stereocenters. The lowest BCUT2D eigenvalue weighted by Gasteiger charge is -2.30. The molecule has 1 saturated heterocycles. The smallest absolute Gasteiger partial charge is 0.307 e. The molecule has 1 aliphatic heterocycles. The van der Waals surface area contributed by atoms with Crippen LogP contribution in [-0.4, -0.2) is 45.4 Å². The van der Waals surface area contributed by atoms with Crippen LogP contribution in [0.2, 0.25) is 0 Å². The minimum atomic E-state index is -0.656. The molecule has 0 amide bonds. The molecule has 1 aromatic heterocycles. The van der Waals surface area contributed by atoms with Gasteiger partial charge in [0.25, 0.3) is 0 Å². The first-order valence-corrected chi connectivity index (χ1v) is 6.08. The predicted molar refractivity (Wildman–Crippen MR) is 63.7 cm³/mol. The van der Waals surface area contributed by atoms with Crippen LogP contribution in [0.15, 0.2) is 12.4 Å². The average molecular weight is 237 g/mol. The quantitative estimate of drug-likeness (QED) is 0.840. The van der Waals surface area contributed by atoms with Gasteiger partial charge in [-0.25, -0.2) is 0 Å². The van der Waals surface area contributed by atoms with Crippen molar-refractivity contribution in [3.05, 3.63) is 18.0 Å². The van der Waals surface area contributed by atoms with E-state index in [0.717, 1.165) is 32.4 Å². The van der Waals surface area contributed by atoms with Crippen LogP contribution in [0, 0.1) is 5.92 Å². The molecule has 0 aromatic carbocycles. The van der Waals surface area contributed by atoms with E-state index < -0.39 is 5.97 Å². The fourth-order valence-corrected chi connectivity index (χ4v) is 2.35. The van der Waals surface area contributed by atoms with Gasteiger partial charge in [0, 0.05) is 26.3 Å². The lowest BCUT2D eigenvalue weighted by Crippen LogP contribution is -2.39. The Morgan fingerprint density at radius 3 is 3.12 bits per heavy atom. The molecule has 0 saturated carbocycles. The molecular formula is C12H19N3O2. The second-order valence-corrected chi connectivity index (χ2v) is 4.75. The number of carboxylic acids is 1. The third-order valence-electron chi connectivity index (χ3n) is 3.33. The molecule has 1 fully saturated rings. The minimum absolute atomic E-state index is 0.183. The highest BCUT2D eigenvalue weighted by molar-refractivity contribution is 5.70. The van der Waals surface area contributed by atoms with Gasteiger partial charge in [0.05, 0.1) is 12.1 Å². The van der Waals surface area contributed by atoms with Gasteiger partial charge in [-0.05, 0) is 31.4 Å². The number of rotatable bonds is 4. The summed E-state index contributed by atoms with van der Waals surface area (Å²) >= 11 is 0. The van der Waals surface area contributed by atoms with Gasteiger partial charge in [-0.15, -0.1) is 0 Å². The molecule has 0 bridgehead atoms. The predicted octanol–water partition coefficient (Wildman–Crippen LogP) is 0.759. The molecule has 0 spiro atoms. The topological polar surface area (TPSA) is 58.4 Å². The number of aromatic nitrogens is 2. The highest BCUT2D eigenvalue weighted by Gasteiger charge is 2.24. The van der Waals surface area contributed by atoms with Crippen molar-refractivity contribution in [2.45, 2.75) is 19.3 Å². The maximum atomic E-state index is 10.9. The summed E-state index contributed by atoms with van der Waals surface area (Å²) in [5, 5.41) is 13.1. The summed E-state index contributed by atoms with van der Waals surface area (Å²) in [6, 6.07) is 0. The third-order valence-corrected chi connectivity index (χ3v) is 3.33. The van der Waals surface area contributed by atoms with Crippen LogP contribution in [0.5, 0.6) is 0 Å². The van der Waals surface area contributed by atoms with Crippen molar-refractivity contribution in [1.29, 1.82) is 0 Å². The van der Waals surface area contributed by atoms with Gasteiger partial charge in [-0.1, -0.05) is 0 Å². The first kappa shape index (κ1) is 12.1. The second-order valence-electron chi connectivity index (χ2n) is 4.75. The van der Waals surface area contributed by atoms with E-state index in [9.17, 15) is 4.79 Å². The van der Waals surface area contributed by atoms with Crippen molar-refractivity contribution >= 4 is 5.97 Å². The zero-order valence-corrected chi connectivity index (χ0v) is 10.2. The van der Waals surface area contributed by atoms with Gasteiger partial charge >= 0.3 is 5.97 Å². The highest BCUT2D eigenvalue weighted by Crippen LogP contribution is 2.16. The third kappa shape index (κ3) is 3.30. The maximum Gasteiger partial charge on any atom is 0.307 e. The van der Waals surface area contributed by atoms with Crippen LogP contribution >= 0.6 is 0 Å². The van der Waals surface area contributed by atoms with Gasteiger partial charge in [0.15, 0.2) is 0 Å². The molecule has 1 aromatic rings. The van der Waals surface area contributed by atoms with Crippen molar-refractivity contribution < 1.29 is 9.90 Å². The Balaban J connectivity index is 1.81. The number of aryl methyl sites for hydroxylation is 1. The SMILES string of the molecule is Cn1cc(CCN2CCCC(C(=O)O)C2)cn1. The number of hydrogen-bond donors (Lipinski definition) is 1. The van der Waals surface area contributed by atoms with Crippen molar-refractivity contribution in [2.24, 2.45) is 13.0 Å². The van der Waals surface area contributed by atoms with Gasteiger partial charge < -0.3 is 10.0 Å². The monoisotopic (exact) mass is 237 g/mol. The number of hydrogen-bond acceptors (Lipinski definition) is 3. The van der Waals surface area contributed by atoms with E-state index in [1.165, 1.54) is 5.56 Å². The second kappa shape index (κ2) is 5.31. The lowest BCUT2D eigenvalue weighted by atomic mass is 9.98. The molecule has 2 rings (SSSR count). The summed E-state index contributed by atoms with van der Waals surface area (Å²) in [5.41, 5.74) is 1.21. The van der Waals surface area contributed by atoms with Crippen LogP contribution in [0.4, 0.5) is 0 Å². The Kier molecular flexibility index (Phi) is 3.78. The molecule has 5 heteroatoms. The standard InChI is InChI=1S/C12H19N3O2/c1-14-8-10(7-13-14)4-6-15-5-2-3-11(9-15)12(16)17/h7-8,11H,2-6,9H2,1H3,(H,16,17). The first-order valence-electron chi connectivity index (χ1n) is 6.08. The summed E-state index contributed by atoms with van der Waals surface area (Å²) < 4.78 is 1.80. The summed E-state index contributed by atoms with van der Waals surface area (Å²) in [6.07, 6.45) is 6.64. The van der Waals surface area contributed by atoms with E-state index >= 15 is 0 Å². The molecule has 0 radical (unpaired) electrons. The van der Waals surface area contributed by atoms with Gasteiger partial charge in [-0.3, -0.25) is 9.48 Å². The zero-order valence-electron chi connectivity index (χ0n) is 10.2. The van der Waals surface area contributed by atoms with Crippen LogP contribution in [0.25, 0.3) is 0 Å². The highest BCUT2D eigenvalue weighted by atomic mass is 16.4. The van der Waals surface area contributed by atoms with Crippen molar-refractivity contribution in [3.8, 4) is 0 Å². The number of aliphatic carboxylic acids is 1. The van der Waals surface area contributed by atoms with Crippen molar-refractivity contribution in [3.63, 3.8) is 0 Å². The Morgan fingerprint density at radius 1 is 1.65 bits per heavy atom.